The number of para-hydroxylation sites is 4. The van der Waals surface area contributed by atoms with Crippen molar-refractivity contribution in [3.8, 4) is 23.0 Å². The van der Waals surface area contributed by atoms with Gasteiger partial charge in [-0.2, -0.15) is 32.2 Å². The quantitative estimate of drug-likeness (QED) is 0.0292. The van der Waals surface area contributed by atoms with Crippen molar-refractivity contribution in [2.24, 2.45) is 25.4 Å². The SMILES string of the molecule is COc1ccccc1N=C([O-])c1cc2ccccc2c(N=Nc2cc(S(=O)(=O)O)c(Cl)cc2C)c1[O-].COc1ccccc1NC(=O)c1cc2ccccc2c(N=Nc2cc(S(=O)(=O)O)c(Cl)cc2C)c1O.[Ca+2]. The molecular weight excluding hydrogens is 1050 g/mol. The third kappa shape index (κ3) is 12.7. The fourth-order valence-corrected chi connectivity index (χ4v) is 9.24. The molecule has 0 fully saturated rings. The number of carbonyl (C=O) groups excluding carboxylic acids is 1. The van der Waals surface area contributed by atoms with Gasteiger partial charge >= 0.3 is 37.7 Å². The first-order chi connectivity index (χ1) is 34.2. The van der Waals surface area contributed by atoms with Crippen LogP contribution in [0.5, 0.6) is 23.0 Å². The van der Waals surface area contributed by atoms with Crippen LogP contribution >= 0.6 is 23.2 Å². The van der Waals surface area contributed by atoms with Crippen molar-refractivity contribution in [2.45, 2.75) is 23.6 Å². The van der Waals surface area contributed by atoms with Crippen molar-refractivity contribution >= 4 is 149 Å². The van der Waals surface area contributed by atoms with E-state index in [0.717, 1.165) is 12.1 Å². The summed E-state index contributed by atoms with van der Waals surface area (Å²) in [5.74, 6) is -1.71. The second-order valence-corrected chi connectivity index (χ2v) is 19.0. The molecule has 8 rings (SSSR count). The van der Waals surface area contributed by atoms with Crippen LogP contribution in [0.2, 0.25) is 10.0 Å². The predicted molar refractivity (Wildman–Crippen MR) is 275 cm³/mol. The number of aromatic hydroxyl groups is 1. The fraction of sp³-hybridized carbons (Fsp3) is 0.0800. The predicted octanol–water partition coefficient (Wildman–Crippen LogP) is 11.0. The van der Waals surface area contributed by atoms with Gasteiger partial charge in [-0.05, 0) is 108 Å². The van der Waals surface area contributed by atoms with Crippen LogP contribution in [0.3, 0.4) is 0 Å². The van der Waals surface area contributed by atoms with Gasteiger partial charge in [0.25, 0.3) is 26.1 Å². The minimum Gasteiger partial charge on any atom is -0.871 e. The van der Waals surface area contributed by atoms with Crippen LogP contribution in [-0.4, -0.2) is 94.8 Å². The van der Waals surface area contributed by atoms with Crippen LogP contribution in [0, 0.1) is 13.8 Å². The Morgan fingerprint density at radius 1 is 0.603 bits per heavy atom. The second kappa shape index (κ2) is 23.4. The van der Waals surface area contributed by atoms with Gasteiger partial charge in [-0.25, -0.2) is 0 Å². The summed E-state index contributed by atoms with van der Waals surface area (Å²) < 4.78 is 75.9. The molecular formula is C50H38CaCl2N6O12S2. The van der Waals surface area contributed by atoms with Gasteiger partial charge in [0, 0.05) is 10.8 Å². The number of amides is 1. The Morgan fingerprint density at radius 3 is 1.59 bits per heavy atom. The maximum atomic E-state index is 13.3. The van der Waals surface area contributed by atoms with Gasteiger partial charge in [-0.1, -0.05) is 102 Å². The van der Waals surface area contributed by atoms with Crippen LogP contribution in [0.1, 0.15) is 27.0 Å². The molecule has 0 atom stereocenters. The van der Waals surface area contributed by atoms with E-state index in [0.29, 0.717) is 49.9 Å². The molecule has 23 heteroatoms. The summed E-state index contributed by atoms with van der Waals surface area (Å²) in [6.45, 7) is 3.24. The third-order valence-electron chi connectivity index (χ3n) is 10.7. The van der Waals surface area contributed by atoms with Crippen LogP contribution < -0.4 is 25.0 Å². The summed E-state index contributed by atoms with van der Waals surface area (Å²) in [4.78, 5) is 16.1. The number of methoxy groups -OCH3 is 2. The zero-order chi connectivity index (χ0) is 52.1. The number of hydrogen-bond donors (Lipinski definition) is 4. The van der Waals surface area contributed by atoms with E-state index in [4.69, 9.17) is 32.7 Å². The smallest absolute Gasteiger partial charge is 0.871 e. The van der Waals surface area contributed by atoms with E-state index >= 15 is 0 Å². The molecule has 18 nitrogen and oxygen atoms in total. The molecule has 0 aliphatic heterocycles. The number of nitrogens with zero attached hydrogens (tertiary/aromatic N) is 5. The Hall–Kier alpha value is -6.72. The number of aryl methyl sites for hydroxylation is 2. The van der Waals surface area contributed by atoms with Gasteiger partial charge in [0.2, 0.25) is 0 Å². The molecule has 0 saturated heterocycles. The minimum atomic E-state index is -4.61. The Labute approximate surface area is 457 Å². The first-order valence-electron chi connectivity index (χ1n) is 20.9. The number of phenols is 1. The first-order valence-corrected chi connectivity index (χ1v) is 24.5. The zero-order valence-electron chi connectivity index (χ0n) is 38.7. The van der Waals surface area contributed by atoms with Crippen molar-refractivity contribution in [3.63, 3.8) is 0 Å². The van der Waals surface area contributed by atoms with Crippen LogP contribution in [0.4, 0.5) is 34.1 Å². The molecule has 0 aliphatic rings. The zero-order valence-corrected chi connectivity index (χ0v) is 44.1. The van der Waals surface area contributed by atoms with E-state index < -0.39 is 53.3 Å². The molecule has 0 saturated carbocycles. The number of hydrogen-bond acceptors (Lipinski definition) is 15. The van der Waals surface area contributed by atoms with Crippen molar-refractivity contribution in [1.29, 1.82) is 0 Å². The standard InChI is InChI=1S/2C25H20ClN3O6S.Ca/c2*1-14-11-18(26)22(36(32,33)34)13-20(14)28-29-23-16-8-4-3-7-15(16)12-17(24(23)30)25(31)27-19-9-5-6-10-21(19)35-2;/h2*3-13,30H,1-2H3,(H,27,31)(H,32,33,34);/q;;+2/p-2. The van der Waals surface area contributed by atoms with Crippen LogP contribution in [0.15, 0.2) is 169 Å². The Kier molecular flexibility index (Phi) is 17.8. The van der Waals surface area contributed by atoms with Crippen molar-refractivity contribution in [2.75, 3.05) is 19.5 Å². The Balaban J connectivity index is 0.000000235. The second-order valence-electron chi connectivity index (χ2n) is 15.4. The van der Waals surface area contributed by atoms with Gasteiger partial charge in [-0.15, -0.1) is 5.11 Å². The van der Waals surface area contributed by atoms with E-state index in [9.17, 15) is 46.1 Å². The number of carbonyl (C=O) groups is 1. The molecule has 0 unspecified atom stereocenters. The molecule has 1 amide bonds. The maximum absolute atomic E-state index is 13.3. The molecule has 0 aliphatic carbocycles. The molecule has 73 heavy (non-hydrogen) atoms. The molecule has 0 bridgehead atoms. The molecule has 4 N–H and O–H groups in total. The summed E-state index contributed by atoms with van der Waals surface area (Å²) in [6, 6.07) is 34.9. The van der Waals surface area contributed by atoms with Gasteiger partial charge in [0.05, 0.1) is 52.6 Å². The van der Waals surface area contributed by atoms with E-state index in [1.807, 2.05) is 0 Å². The van der Waals surface area contributed by atoms with Crippen LogP contribution in [0.25, 0.3) is 21.5 Å². The summed E-state index contributed by atoms with van der Waals surface area (Å²) in [6.07, 6.45) is 0. The number of phenolic OH excluding ortho intramolecular Hbond substituents is 1. The minimum absolute atomic E-state index is 0. The number of aliphatic imine (C=N–C) groups is 1. The summed E-state index contributed by atoms with van der Waals surface area (Å²) in [7, 11) is -6.29. The molecule has 0 heterocycles. The summed E-state index contributed by atoms with van der Waals surface area (Å²) in [5.41, 5.74) is 1.35. The first kappa shape index (κ1) is 55.6. The number of benzene rings is 8. The maximum Gasteiger partial charge on any atom is 2.00 e. The van der Waals surface area contributed by atoms with E-state index in [-0.39, 0.29) is 87.3 Å². The van der Waals surface area contributed by atoms with Gasteiger partial charge in [0.1, 0.15) is 32.7 Å². The van der Waals surface area contributed by atoms with Gasteiger partial charge in [0.15, 0.2) is 5.75 Å². The fourth-order valence-electron chi connectivity index (χ4n) is 7.09. The molecule has 0 spiro atoms. The molecule has 8 aromatic carbocycles. The number of anilines is 1. The van der Waals surface area contributed by atoms with Crippen molar-refractivity contribution < 1.29 is 55.5 Å². The van der Waals surface area contributed by atoms with E-state index in [1.54, 1.807) is 111 Å². The van der Waals surface area contributed by atoms with E-state index in [1.165, 1.54) is 38.5 Å². The number of ether oxygens (including phenoxy) is 2. The molecule has 0 radical (unpaired) electrons. The van der Waals surface area contributed by atoms with Crippen molar-refractivity contribution in [1.82, 2.24) is 0 Å². The third-order valence-corrected chi connectivity index (χ3v) is 13.3. The molecule has 8 aromatic rings. The average Bonchev–Trinajstić information content (AvgIpc) is 3.33. The Bertz CT molecular complexity index is 3790. The number of nitrogens with one attached hydrogen (secondary N) is 1. The number of azo groups is 2. The van der Waals surface area contributed by atoms with Crippen LogP contribution in [-0.2, 0) is 20.2 Å². The van der Waals surface area contributed by atoms with Gasteiger partial charge < -0.3 is 30.1 Å². The Morgan fingerprint density at radius 2 is 1.05 bits per heavy atom. The largest absolute Gasteiger partial charge is 2.00 e. The molecule has 0 aromatic heterocycles. The molecule has 368 valence electrons. The normalized spacial score (nSPS) is 11.9. The van der Waals surface area contributed by atoms with Gasteiger partial charge in [-0.3, -0.25) is 18.9 Å². The number of rotatable bonds is 12. The number of fused-ring (bicyclic) bond motifs is 2. The summed E-state index contributed by atoms with van der Waals surface area (Å²) >= 11 is 11.9. The number of halogens is 2. The topological polar surface area (TPSA) is 284 Å². The summed E-state index contributed by atoms with van der Waals surface area (Å²) in [5, 5.41) is 58.2. The monoisotopic (exact) mass is 1090 g/mol. The van der Waals surface area contributed by atoms with Crippen molar-refractivity contribution in [3.05, 3.63) is 166 Å². The average molecular weight is 1090 g/mol. The van der Waals surface area contributed by atoms with E-state index in [2.05, 4.69) is 30.8 Å².